The Hall–Kier alpha value is -1.43. The van der Waals surface area contributed by atoms with Crippen molar-refractivity contribution in [2.45, 2.75) is 19.4 Å². The first kappa shape index (κ1) is 11.6. The van der Waals surface area contributed by atoms with Crippen LogP contribution >= 0.6 is 11.3 Å². The molecule has 1 heterocycles. The predicted octanol–water partition coefficient (Wildman–Crippen LogP) is 1.08. The van der Waals surface area contributed by atoms with Crippen LogP contribution in [0.2, 0.25) is 0 Å². The molecular formula is C9H12N2O3S. The Morgan fingerprint density at radius 2 is 2.33 bits per heavy atom. The molecule has 0 aliphatic heterocycles. The van der Waals surface area contributed by atoms with Crippen LogP contribution in [0.15, 0.2) is 10.9 Å². The van der Waals surface area contributed by atoms with Gasteiger partial charge in [-0.15, -0.1) is 11.3 Å². The molecule has 5 nitrogen and oxygen atoms in total. The van der Waals surface area contributed by atoms with Crippen molar-refractivity contribution in [3.8, 4) is 0 Å². The van der Waals surface area contributed by atoms with Crippen molar-refractivity contribution in [3.05, 3.63) is 16.6 Å². The summed E-state index contributed by atoms with van der Waals surface area (Å²) in [5, 5.41) is 10.5. The molecule has 1 unspecified atom stereocenters. The molecule has 0 bridgehead atoms. The zero-order chi connectivity index (χ0) is 11.4. The second-order valence-electron chi connectivity index (χ2n) is 3.05. The largest absolute Gasteiger partial charge is 0.480 e. The van der Waals surface area contributed by atoms with E-state index in [1.807, 2.05) is 0 Å². The lowest BCUT2D eigenvalue weighted by Crippen LogP contribution is -2.42. The summed E-state index contributed by atoms with van der Waals surface area (Å²) in [5.74, 6) is -1.35. The van der Waals surface area contributed by atoms with Gasteiger partial charge in [0.2, 0.25) is 0 Å². The normalized spacial score (nSPS) is 12.1. The van der Waals surface area contributed by atoms with Crippen LogP contribution in [0.4, 0.5) is 0 Å². The maximum Gasteiger partial charge on any atom is 0.326 e. The van der Waals surface area contributed by atoms with E-state index in [2.05, 4.69) is 4.98 Å². The van der Waals surface area contributed by atoms with Crippen LogP contribution in [0.3, 0.4) is 0 Å². The van der Waals surface area contributed by atoms with Gasteiger partial charge in [0, 0.05) is 12.4 Å². The number of nitrogens with zero attached hydrogens (tertiary/aromatic N) is 2. The second-order valence-corrected chi connectivity index (χ2v) is 3.77. The molecule has 1 aromatic rings. The standard InChI is InChI=1S/C9H12N2O3S/c1-3-7(9(13)14)11(2)8(12)6-4-15-5-10-6/h4-5,7H,3H2,1-2H3,(H,13,14). The Labute approximate surface area is 91.4 Å². The zero-order valence-electron chi connectivity index (χ0n) is 8.51. The van der Waals surface area contributed by atoms with Gasteiger partial charge in [0.05, 0.1) is 5.51 Å². The van der Waals surface area contributed by atoms with Gasteiger partial charge in [-0.2, -0.15) is 0 Å². The lowest BCUT2D eigenvalue weighted by molar-refractivity contribution is -0.142. The number of aromatic nitrogens is 1. The molecular weight excluding hydrogens is 216 g/mol. The number of carboxylic acid groups (broad SMARTS) is 1. The topological polar surface area (TPSA) is 70.5 Å². The molecule has 1 N–H and O–H groups in total. The Morgan fingerprint density at radius 3 is 2.73 bits per heavy atom. The third-order valence-electron chi connectivity index (χ3n) is 2.11. The monoisotopic (exact) mass is 228 g/mol. The van der Waals surface area contributed by atoms with Gasteiger partial charge in [-0.3, -0.25) is 4.79 Å². The first-order valence-corrected chi connectivity index (χ1v) is 5.40. The number of carbonyl (C=O) groups is 2. The molecule has 0 aliphatic carbocycles. The minimum absolute atomic E-state index is 0.294. The van der Waals surface area contributed by atoms with Crippen LogP contribution in [0, 0.1) is 0 Å². The molecule has 1 rings (SSSR count). The molecule has 82 valence electrons. The van der Waals surface area contributed by atoms with Gasteiger partial charge in [0.25, 0.3) is 5.91 Å². The van der Waals surface area contributed by atoms with E-state index in [1.54, 1.807) is 17.8 Å². The number of carboxylic acids is 1. The Balaban J connectivity index is 2.80. The van der Waals surface area contributed by atoms with Crippen molar-refractivity contribution in [1.29, 1.82) is 0 Å². The summed E-state index contributed by atoms with van der Waals surface area (Å²) in [6.45, 7) is 1.73. The van der Waals surface area contributed by atoms with Gasteiger partial charge in [-0.05, 0) is 6.42 Å². The number of rotatable bonds is 4. The summed E-state index contributed by atoms with van der Waals surface area (Å²) in [4.78, 5) is 27.6. The number of amides is 1. The summed E-state index contributed by atoms with van der Waals surface area (Å²) in [6, 6.07) is -0.792. The number of hydrogen-bond donors (Lipinski definition) is 1. The van der Waals surface area contributed by atoms with Crippen LogP contribution in [-0.2, 0) is 4.79 Å². The van der Waals surface area contributed by atoms with Gasteiger partial charge in [-0.1, -0.05) is 6.92 Å². The molecule has 0 aromatic carbocycles. The molecule has 1 aromatic heterocycles. The van der Waals surface area contributed by atoms with Crippen LogP contribution in [0.5, 0.6) is 0 Å². The van der Waals surface area contributed by atoms with Gasteiger partial charge in [-0.25, -0.2) is 9.78 Å². The van der Waals surface area contributed by atoms with Crippen molar-refractivity contribution >= 4 is 23.2 Å². The van der Waals surface area contributed by atoms with E-state index in [0.717, 1.165) is 0 Å². The molecule has 1 atom stereocenters. The fourth-order valence-corrected chi connectivity index (χ4v) is 1.78. The van der Waals surface area contributed by atoms with Gasteiger partial charge in [0.15, 0.2) is 0 Å². The van der Waals surface area contributed by atoms with Crippen molar-refractivity contribution in [2.24, 2.45) is 0 Å². The molecule has 6 heteroatoms. The number of likely N-dealkylation sites (N-methyl/N-ethyl adjacent to an activating group) is 1. The Bertz CT molecular complexity index is 350. The minimum atomic E-state index is -0.997. The van der Waals surface area contributed by atoms with E-state index < -0.39 is 12.0 Å². The first-order chi connectivity index (χ1) is 7.07. The highest BCUT2D eigenvalue weighted by atomic mass is 32.1. The van der Waals surface area contributed by atoms with Crippen molar-refractivity contribution < 1.29 is 14.7 Å². The lowest BCUT2D eigenvalue weighted by Gasteiger charge is -2.22. The number of thiazole rings is 1. The molecule has 0 radical (unpaired) electrons. The van der Waals surface area contributed by atoms with Crippen LogP contribution in [0.25, 0.3) is 0 Å². The summed E-state index contributed by atoms with van der Waals surface area (Å²) in [5.41, 5.74) is 1.84. The SMILES string of the molecule is CCC(C(=O)O)N(C)C(=O)c1cscn1. The van der Waals surface area contributed by atoms with Crippen LogP contribution in [0.1, 0.15) is 23.8 Å². The fourth-order valence-electron chi connectivity index (χ4n) is 1.25. The lowest BCUT2D eigenvalue weighted by atomic mass is 10.2. The summed E-state index contributed by atoms with van der Waals surface area (Å²) >= 11 is 1.31. The van der Waals surface area contributed by atoms with Crippen molar-refractivity contribution in [1.82, 2.24) is 9.88 Å². The fraction of sp³-hybridized carbons (Fsp3) is 0.444. The van der Waals surface area contributed by atoms with Gasteiger partial charge in [0.1, 0.15) is 11.7 Å². The first-order valence-electron chi connectivity index (χ1n) is 4.46. The maximum atomic E-state index is 11.7. The number of hydrogen-bond acceptors (Lipinski definition) is 4. The van der Waals surface area contributed by atoms with Crippen LogP contribution < -0.4 is 0 Å². The smallest absolute Gasteiger partial charge is 0.326 e. The number of carbonyl (C=O) groups excluding carboxylic acids is 1. The summed E-state index contributed by atoms with van der Waals surface area (Å²) in [6.07, 6.45) is 0.377. The molecule has 0 spiro atoms. The highest BCUT2D eigenvalue weighted by molar-refractivity contribution is 7.07. The minimum Gasteiger partial charge on any atom is -0.480 e. The van der Waals surface area contributed by atoms with E-state index in [-0.39, 0.29) is 5.91 Å². The van der Waals surface area contributed by atoms with Crippen LogP contribution in [-0.4, -0.2) is 40.0 Å². The molecule has 15 heavy (non-hydrogen) atoms. The predicted molar refractivity (Wildman–Crippen MR) is 55.9 cm³/mol. The van der Waals surface area contributed by atoms with Gasteiger partial charge < -0.3 is 10.0 Å². The molecule has 0 saturated heterocycles. The Kier molecular flexibility index (Phi) is 3.79. The maximum absolute atomic E-state index is 11.7. The Morgan fingerprint density at radius 1 is 1.67 bits per heavy atom. The van der Waals surface area contributed by atoms with Crippen molar-refractivity contribution in [2.75, 3.05) is 7.05 Å². The molecule has 0 saturated carbocycles. The quantitative estimate of drug-likeness (QED) is 0.837. The molecule has 0 aliphatic rings. The second kappa shape index (κ2) is 4.88. The number of aliphatic carboxylic acids is 1. The van der Waals surface area contributed by atoms with E-state index in [1.165, 1.54) is 23.3 Å². The average Bonchev–Trinajstić information content (AvgIpc) is 2.69. The average molecular weight is 228 g/mol. The van der Waals surface area contributed by atoms with Gasteiger partial charge >= 0.3 is 5.97 Å². The van der Waals surface area contributed by atoms with E-state index >= 15 is 0 Å². The highest BCUT2D eigenvalue weighted by Crippen LogP contribution is 2.09. The summed E-state index contributed by atoms with van der Waals surface area (Å²) < 4.78 is 0. The summed E-state index contributed by atoms with van der Waals surface area (Å²) in [7, 11) is 1.48. The van der Waals surface area contributed by atoms with Crippen molar-refractivity contribution in [3.63, 3.8) is 0 Å². The third kappa shape index (κ3) is 2.53. The van der Waals surface area contributed by atoms with E-state index in [9.17, 15) is 9.59 Å². The molecule has 1 amide bonds. The zero-order valence-corrected chi connectivity index (χ0v) is 9.32. The highest BCUT2D eigenvalue weighted by Gasteiger charge is 2.26. The third-order valence-corrected chi connectivity index (χ3v) is 2.70. The van der Waals surface area contributed by atoms with E-state index in [4.69, 9.17) is 5.11 Å². The molecule has 0 fully saturated rings. The van der Waals surface area contributed by atoms with E-state index in [0.29, 0.717) is 12.1 Å².